The van der Waals surface area contributed by atoms with E-state index in [0.717, 1.165) is 29.5 Å². The van der Waals surface area contributed by atoms with E-state index in [4.69, 9.17) is 5.73 Å². The topological polar surface area (TPSA) is 68.0 Å². The van der Waals surface area contributed by atoms with Gasteiger partial charge < -0.3 is 11.1 Å². The number of carbonyl (C=O) groups excluding carboxylic acids is 1. The molecular weight excluding hydrogens is 262 g/mol. The van der Waals surface area contributed by atoms with Gasteiger partial charge in [-0.05, 0) is 30.2 Å². The number of hydrogen-bond donors (Lipinski definition) is 2. The predicted octanol–water partition coefficient (Wildman–Crippen LogP) is 3.13. The number of hydrogen-bond acceptors (Lipinski definition) is 3. The van der Waals surface area contributed by atoms with Crippen molar-refractivity contribution in [1.82, 2.24) is 10.3 Å². The van der Waals surface area contributed by atoms with Gasteiger partial charge in [0.15, 0.2) is 0 Å². The van der Waals surface area contributed by atoms with Crippen LogP contribution in [-0.2, 0) is 0 Å². The second kappa shape index (κ2) is 5.72. The Morgan fingerprint density at radius 1 is 1.43 bits per heavy atom. The normalized spacial score (nSPS) is 15.9. The predicted molar refractivity (Wildman–Crippen MR) is 85.0 cm³/mol. The lowest BCUT2D eigenvalue weighted by Crippen LogP contribution is -2.35. The number of fused-ring (bicyclic) bond motifs is 1. The summed E-state index contributed by atoms with van der Waals surface area (Å²) in [6.45, 7) is 2.11. The number of benzene rings is 1. The fraction of sp³-hybridized carbons (Fsp3) is 0.412. The van der Waals surface area contributed by atoms with Crippen LogP contribution >= 0.6 is 0 Å². The lowest BCUT2D eigenvalue weighted by atomic mass is 10.1. The van der Waals surface area contributed by atoms with Crippen molar-refractivity contribution in [3.63, 3.8) is 0 Å². The highest BCUT2D eigenvalue weighted by molar-refractivity contribution is 5.99. The molecule has 0 radical (unpaired) electrons. The molecule has 4 nitrogen and oxygen atoms in total. The minimum Gasteiger partial charge on any atom is -0.383 e. The molecule has 3 N–H and O–H groups in total. The summed E-state index contributed by atoms with van der Waals surface area (Å²) in [6, 6.07) is 9.77. The second-order valence-corrected chi connectivity index (χ2v) is 5.87. The minimum absolute atomic E-state index is 0.125. The third-order valence-electron chi connectivity index (χ3n) is 4.15. The maximum absolute atomic E-state index is 12.4. The summed E-state index contributed by atoms with van der Waals surface area (Å²) in [7, 11) is 0. The molecule has 2 aromatic rings. The van der Waals surface area contributed by atoms with Crippen molar-refractivity contribution in [2.75, 3.05) is 5.73 Å². The number of nitrogens with two attached hydrogens (primary N) is 1. The molecule has 1 unspecified atom stereocenters. The van der Waals surface area contributed by atoms with Gasteiger partial charge in [-0.2, -0.15) is 0 Å². The third kappa shape index (κ3) is 3.15. The van der Waals surface area contributed by atoms with E-state index in [-0.39, 0.29) is 11.9 Å². The number of amides is 1. The Labute approximate surface area is 124 Å². The van der Waals surface area contributed by atoms with Gasteiger partial charge in [-0.1, -0.05) is 44.0 Å². The molecule has 0 aliphatic heterocycles. The Kier molecular flexibility index (Phi) is 3.78. The Hall–Kier alpha value is -2.10. The molecule has 1 atom stereocenters. The highest BCUT2D eigenvalue weighted by atomic mass is 16.1. The van der Waals surface area contributed by atoms with Gasteiger partial charge in [0.2, 0.25) is 0 Å². The summed E-state index contributed by atoms with van der Waals surface area (Å²) in [5.41, 5.74) is 6.36. The number of nitrogens with zero attached hydrogens (tertiary/aromatic N) is 1. The Morgan fingerprint density at radius 2 is 2.19 bits per heavy atom. The second-order valence-electron chi connectivity index (χ2n) is 5.87. The molecule has 21 heavy (non-hydrogen) atoms. The molecule has 110 valence electrons. The quantitative estimate of drug-likeness (QED) is 0.886. The third-order valence-corrected chi connectivity index (χ3v) is 4.15. The first-order valence-electron chi connectivity index (χ1n) is 7.63. The minimum atomic E-state index is -0.125. The molecule has 1 amide bonds. The molecule has 1 fully saturated rings. The van der Waals surface area contributed by atoms with E-state index in [1.54, 1.807) is 0 Å². The highest BCUT2D eigenvalue weighted by Crippen LogP contribution is 2.34. The van der Waals surface area contributed by atoms with Crippen molar-refractivity contribution >= 4 is 22.5 Å². The van der Waals surface area contributed by atoms with Gasteiger partial charge in [0.05, 0.1) is 0 Å². The van der Waals surface area contributed by atoms with Crippen LogP contribution in [0.25, 0.3) is 10.8 Å². The Balaban J connectivity index is 1.80. The molecule has 0 spiro atoms. The van der Waals surface area contributed by atoms with E-state index in [2.05, 4.69) is 17.2 Å². The number of rotatable bonds is 5. The van der Waals surface area contributed by atoms with Crippen molar-refractivity contribution in [2.45, 2.75) is 38.6 Å². The summed E-state index contributed by atoms with van der Waals surface area (Å²) in [6.07, 6.45) is 4.62. The fourth-order valence-electron chi connectivity index (χ4n) is 2.68. The van der Waals surface area contributed by atoms with Gasteiger partial charge in [-0.25, -0.2) is 4.98 Å². The van der Waals surface area contributed by atoms with Gasteiger partial charge in [-0.3, -0.25) is 4.79 Å². The number of pyridine rings is 1. The average Bonchev–Trinajstić information content (AvgIpc) is 3.30. The number of carbonyl (C=O) groups is 1. The van der Waals surface area contributed by atoms with Gasteiger partial charge in [0, 0.05) is 11.4 Å². The zero-order valence-electron chi connectivity index (χ0n) is 12.3. The number of anilines is 1. The van der Waals surface area contributed by atoms with Crippen molar-refractivity contribution in [1.29, 1.82) is 0 Å². The summed E-state index contributed by atoms with van der Waals surface area (Å²) in [4.78, 5) is 16.6. The summed E-state index contributed by atoms with van der Waals surface area (Å²) >= 11 is 0. The van der Waals surface area contributed by atoms with Crippen LogP contribution in [0.4, 0.5) is 5.82 Å². The van der Waals surface area contributed by atoms with E-state index < -0.39 is 0 Å². The van der Waals surface area contributed by atoms with E-state index in [1.165, 1.54) is 12.8 Å². The first-order valence-corrected chi connectivity index (χ1v) is 7.63. The van der Waals surface area contributed by atoms with Crippen LogP contribution in [0.1, 0.15) is 43.1 Å². The van der Waals surface area contributed by atoms with E-state index in [0.29, 0.717) is 11.5 Å². The lowest BCUT2D eigenvalue weighted by Gasteiger charge is -2.16. The SMILES string of the molecule is CCC(CC1CC1)NC(=O)c1cc2ccccc2c(N)n1. The van der Waals surface area contributed by atoms with Crippen LogP contribution in [0.15, 0.2) is 30.3 Å². The maximum atomic E-state index is 12.4. The van der Waals surface area contributed by atoms with Crippen LogP contribution in [0.3, 0.4) is 0 Å². The van der Waals surface area contributed by atoms with E-state index in [1.807, 2.05) is 30.3 Å². The molecule has 1 aliphatic carbocycles. The molecule has 1 heterocycles. The zero-order valence-corrected chi connectivity index (χ0v) is 12.3. The average molecular weight is 283 g/mol. The van der Waals surface area contributed by atoms with Gasteiger partial charge >= 0.3 is 0 Å². The van der Waals surface area contributed by atoms with Gasteiger partial charge in [0.25, 0.3) is 5.91 Å². The van der Waals surface area contributed by atoms with Crippen molar-refractivity contribution in [3.05, 3.63) is 36.0 Å². The van der Waals surface area contributed by atoms with E-state index >= 15 is 0 Å². The lowest BCUT2D eigenvalue weighted by molar-refractivity contribution is 0.0928. The van der Waals surface area contributed by atoms with Crippen molar-refractivity contribution < 1.29 is 4.79 Å². The first kappa shape index (κ1) is 13.9. The fourth-order valence-corrected chi connectivity index (χ4v) is 2.68. The molecule has 1 aromatic heterocycles. The molecule has 3 rings (SSSR count). The molecule has 1 aromatic carbocycles. The van der Waals surface area contributed by atoms with Crippen molar-refractivity contribution in [2.24, 2.45) is 5.92 Å². The first-order chi connectivity index (χ1) is 10.2. The van der Waals surface area contributed by atoms with Crippen LogP contribution in [0, 0.1) is 5.92 Å². The monoisotopic (exact) mass is 283 g/mol. The molecule has 0 saturated heterocycles. The van der Waals surface area contributed by atoms with Crippen LogP contribution in [0.2, 0.25) is 0 Å². The van der Waals surface area contributed by atoms with Crippen LogP contribution in [0.5, 0.6) is 0 Å². The maximum Gasteiger partial charge on any atom is 0.270 e. The summed E-state index contributed by atoms with van der Waals surface area (Å²) in [5, 5.41) is 4.93. The zero-order chi connectivity index (χ0) is 14.8. The van der Waals surface area contributed by atoms with Crippen LogP contribution in [-0.4, -0.2) is 16.9 Å². The molecule has 0 bridgehead atoms. The van der Waals surface area contributed by atoms with Gasteiger partial charge in [-0.15, -0.1) is 0 Å². The Bertz CT molecular complexity index is 664. The smallest absolute Gasteiger partial charge is 0.270 e. The molecular formula is C17H21N3O. The molecule has 1 aliphatic rings. The number of nitrogens with one attached hydrogen (secondary N) is 1. The standard InChI is InChI=1S/C17H21N3O/c1-2-13(9-11-7-8-11)19-17(21)15-10-12-5-3-4-6-14(12)16(18)20-15/h3-6,10-11,13H,2,7-9H2,1H3,(H2,18,20)(H,19,21). The number of nitrogen functional groups attached to an aromatic ring is 1. The molecule has 1 saturated carbocycles. The summed E-state index contributed by atoms with van der Waals surface area (Å²) in [5.74, 6) is 1.08. The largest absolute Gasteiger partial charge is 0.383 e. The Morgan fingerprint density at radius 3 is 2.90 bits per heavy atom. The van der Waals surface area contributed by atoms with Crippen LogP contribution < -0.4 is 11.1 Å². The van der Waals surface area contributed by atoms with Gasteiger partial charge in [0.1, 0.15) is 11.5 Å². The molecule has 4 heteroatoms. The number of aromatic nitrogens is 1. The highest BCUT2D eigenvalue weighted by Gasteiger charge is 2.26. The van der Waals surface area contributed by atoms with Crippen molar-refractivity contribution in [3.8, 4) is 0 Å². The van der Waals surface area contributed by atoms with E-state index in [9.17, 15) is 4.79 Å². The summed E-state index contributed by atoms with van der Waals surface area (Å²) < 4.78 is 0.